The molecule has 1 nitrogen and oxygen atoms in total. The van der Waals surface area contributed by atoms with E-state index in [9.17, 15) is 0 Å². The Labute approximate surface area is 134 Å². The number of rotatable bonds is 4. The zero-order valence-corrected chi connectivity index (χ0v) is 13.9. The van der Waals surface area contributed by atoms with Crippen molar-refractivity contribution in [1.82, 2.24) is 0 Å². The number of ether oxygens (including phenoxy) is 1. The SMILES string of the molecule is CCc1ccc(C(C)=COC2C3CC4CC(C3)CC2C4)cc1. The van der Waals surface area contributed by atoms with Crippen molar-refractivity contribution in [3.63, 3.8) is 0 Å². The monoisotopic (exact) mass is 296 g/mol. The van der Waals surface area contributed by atoms with Gasteiger partial charge in [-0.15, -0.1) is 0 Å². The third-order valence-electron chi connectivity index (χ3n) is 6.36. The Kier molecular flexibility index (Phi) is 3.76. The Morgan fingerprint density at radius 1 is 1.00 bits per heavy atom. The molecule has 0 radical (unpaired) electrons. The molecule has 0 unspecified atom stereocenters. The van der Waals surface area contributed by atoms with E-state index in [2.05, 4.69) is 38.1 Å². The molecule has 0 aromatic heterocycles. The molecule has 5 rings (SSSR count). The van der Waals surface area contributed by atoms with Crippen LogP contribution in [0.1, 0.15) is 57.1 Å². The Morgan fingerprint density at radius 2 is 1.59 bits per heavy atom. The highest BCUT2D eigenvalue weighted by Crippen LogP contribution is 2.54. The second-order valence-electron chi connectivity index (χ2n) is 7.88. The van der Waals surface area contributed by atoms with E-state index in [0.717, 1.165) is 30.1 Å². The van der Waals surface area contributed by atoms with Gasteiger partial charge in [0.2, 0.25) is 0 Å². The van der Waals surface area contributed by atoms with Crippen molar-refractivity contribution in [2.75, 3.05) is 0 Å². The molecule has 118 valence electrons. The van der Waals surface area contributed by atoms with Gasteiger partial charge in [0.25, 0.3) is 0 Å². The molecule has 4 aliphatic carbocycles. The summed E-state index contributed by atoms with van der Waals surface area (Å²) in [5.41, 5.74) is 3.95. The van der Waals surface area contributed by atoms with Gasteiger partial charge < -0.3 is 4.74 Å². The molecular formula is C21H28O. The van der Waals surface area contributed by atoms with Crippen LogP contribution in [0, 0.1) is 23.7 Å². The highest BCUT2D eigenvalue weighted by molar-refractivity contribution is 5.62. The maximum absolute atomic E-state index is 6.33. The first kappa shape index (κ1) is 14.4. The van der Waals surface area contributed by atoms with Crippen molar-refractivity contribution in [1.29, 1.82) is 0 Å². The molecule has 0 spiro atoms. The molecule has 1 aromatic carbocycles. The minimum Gasteiger partial charge on any atom is -0.497 e. The van der Waals surface area contributed by atoms with Gasteiger partial charge in [0.15, 0.2) is 0 Å². The molecule has 4 aliphatic rings. The Bertz CT molecular complexity index is 526. The zero-order chi connectivity index (χ0) is 15.1. The van der Waals surface area contributed by atoms with Gasteiger partial charge in [-0.05, 0) is 85.8 Å². The summed E-state index contributed by atoms with van der Waals surface area (Å²) in [6, 6.07) is 8.92. The van der Waals surface area contributed by atoms with Crippen molar-refractivity contribution in [3.8, 4) is 0 Å². The smallest absolute Gasteiger partial charge is 0.103 e. The minimum atomic E-state index is 0.498. The van der Waals surface area contributed by atoms with Crippen LogP contribution in [-0.4, -0.2) is 6.10 Å². The lowest BCUT2D eigenvalue weighted by molar-refractivity contribution is -0.0970. The Balaban J connectivity index is 1.44. The van der Waals surface area contributed by atoms with E-state index in [1.54, 1.807) is 0 Å². The second-order valence-corrected chi connectivity index (χ2v) is 7.88. The van der Waals surface area contributed by atoms with E-state index in [-0.39, 0.29) is 0 Å². The van der Waals surface area contributed by atoms with Gasteiger partial charge in [0, 0.05) is 0 Å². The van der Waals surface area contributed by atoms with Crippen LogP contribution in [0.3, 0.4) is 0 Å². The summed E-state index contributed by atoms with van der Waals surface area (Å²) in [4.78, 5) is 0. The molecule has 22 heavy (non-hydrogen) atoms. The molecule has 0 saturated heterocycles. The molecular weight excluding hydrogens is 268 g/mol. The van der Waals surface area contributed by atoms with E-state index in [1.165, 1.54) is 48.8 Å². The summed E-state index contributed by atoms with van der Waals surface area (Å²) in [5, 5.41) is 0. The van der Waals surface area contributed by atoms with Gasteiger partial charge in [0.05, 0.1) is 6.26 Å². The van der Waals surface area contributed by atoms with E-state index >= 15 is 0 Å². The molecule has 4 bridgehead atoms. The molecule has 0 aliphatic heterocycles. The fraction of sp³-hybridized carbons (Fsp3) is 0.619. The van der Waals surface area contributed by atoms with Crippen LogP contribution in [0.25, 0.3) is 5.57 Å². The Morgan fingerprint density at radius 3 is 2.14 bits per heavy atom. The normalized spacial score (nSPS) is 36.6. The number of hydrogen-bond donors (Lipinski definition) is 0. The molecule has 4 fully saturated rings. The summed E-state index contributed by atoms with van der Waals surface area (Å²) in [6.07, 6.45) is 10.9. The van der Waals surface area contributed by atoms with Gasteiger partial charge in [-0.1, -0.05) is 31.2 Å². The molecule has 0 amide bonds. The second kappa shape index (κ2) is 5.76. The highest BCUT2D eigenvalue weighted by atomic mass is 16.5. The van der Waals surface area contributed by atoms with Crippen molar-refractivity contribution in [2.24, 2.45) is 23.7 Å². The molecule has 1 aromatic rings. The summed E-state index contributed by atoms with van der Waals surface area (Å²) in [6.45, 7) is 4.38. The number of benzene rings is 1. The number of hydrogen-bond acceptors (Lipinski definition) is 1. The summed E-state index contributed by atoms with van der Waals surface area (Å²) < 4.78 is 6.33. The lowest BCUT2D eigenvalue weighted by Gasteiger charge is -2.53. The maximum atomic E-state index is 6.33. The molecule has 0 atom stereocenters. The first-order valence-corrected chi connectivity index (χ1v) is 9.14. The Hall–Kier alpha value is -1.24. The van der Waals surface area contributed by atoms with Gasteiger partial charge in [0.1, 0.15) is 6.10 Å². The fourth-order valence-corrected chi connectivity index (χ4v) is 5.35. The first-order valence-electron chi connectivity index (χ1n) is 9.14. The van der Waals surface area contributed by atoms with E-state index in [0.29, 0.717) is 6.10 Å². The maximum Gasteiger partial charge on any atom is 0.103 e. The van der Waals surface area contributed by atoms with Crippen molar-refractivity contribution in [2.45, 2.75) is 58.5 Å². The fourth-order valence-electron chi connectivity index (χ4n) is 5.35. The molecule has 1 heteroatoms. The van der Waals surface area contributed by atoms with Crippen LogP contribution in [-0.2, 0) is 11.2 Å². The lowest BCUT2D eigenvalue weighted by atomic mass is 9.55. The van der Waals surface area contributed by atoms with Crippen LogP contribution < -0.4 is 0 Å². The first-order chi connectivity index (χ1) is 10.7. The average molecular weight is 296 g/mol. The third-order valence-corrected chi connectivity index (χ3v) is 6.36. The van der Waals surface area contributed by atoms with Gasteiger partial charge in [-0.2, -0.15) is 0 Å². The summed E-state index contributed by atoms with van der Waals surface area (Å²) in [5.74, 6) is 3.72. The summed E-state index contributed by atoms with van der Waals surface area (Å²) in [7, 11) is 0. The van der Waals surface area contributed by atoms with Crippen molar-refractivity contribution < 1.29 is 4.74 Å². The van der Waals surface area contributed by atoms with Crippen LogP contribution in [0.2, 0.25) is 0 Å². The number of aryl methyl sites for hydroxylation is 1. The predicted molar refractivity (Wildman–Crippen MR) is 91.4 cm³/mol. The third kappa shape index (κ3) is 2.59. The van der Waals surface area contributed by atoms with E-state index in [1.807, 2.05) is 6.26 Å². The topological polar surface area (TPSA) is 9.23 Å². The molecule has 0 heterocycles. The zero-order valence-electron chi connectivity index (χ0n) is 13.9. The molecule has 4 saturated carbocycles. The van der Waals surface area contributed by atoms with Crippen LogP contribution in [0.5, 0.6) is 0 Å². The molecule has 0 N–H and O–H groups in total. The average Bonchev–Trinajstić information content (AvgIpc) is 2.53. The van der Waals surface area contributed by atoms with E-state index < -0.39 is 0 Å². The minimum absolute atomic E-state index is 0.498. The van der Waals surface area contributed by atoms with Crippen LogP contribution in [0.15, 0.2) is 30.5 Å². The lowest BCUT2D eigenvalue weighted by Crippen LogP contribution is -2.48. The largest absolute Gasteiger partial charge is 0.497 e. The summed E-state index contributed by atoms with van der Waals surface area (Å²) >= 11 is 0. The van der Waals surface area contributed by atoms with Crippen LogP contribution >= 0.6 is 0 Å². The van der Waals surface area contributed by atoms with E-state index in [4.69, 9.17) is 4.74 Å². The highest BCUT2D eigenvalue weighted by Gasteiger charge is 2.49. The van der Waals surface area contributed by atoms with Crippen LogP contribution in [0.4, 0.5) is 0 Å². The standard InChI is InChI=1S/C21H28O/c1-3-15-4-6-18(7-5-15)14(2)13-22-21-19-9-16-8-17(11-19)12-20(21)10-16/h4-7,13,16-17,19-21H,3,8-12H2,1-2H3. The number of allylic oxidation sites excluding steroid dienone is 1. The van der Waals surface area contributed by atoms with Crippen molar-refractivity contribution >= 4 is 5.57 Å². The van der Waals surface area contributed by atoms with Gasteiger partial charge >= 0.3 is 0 Å². The van der Waals surface area contributed by atoms with Gasteiger partial charge in [-0.25, -0.2) is 0 Å². The van der Waals surface area contributed by atoms with Crippen molar-refractivity contribution in [3.05, 3.63) is 41.7 Å². The predicted octanol–water partition coefficient (Wildman–Crippen LogP) is 5.45. The van der Waals surface area contributed by atoms with Gasteiger partial charge in [-0.3, -0.25) is 0 Å². The quantitative estimate of drug-likeness (QED) is 0.671.